The number of guanidine groups is 1. The zero-order valence-corrected chi connectivity index (χ0v) is 29.1. The number of amides is 4. The average molecular weight is 706 g/mol. The van der Waals surface area contributed by atoms with Crippen LogP contribution in [0.3, 0.4) is 0 Å². The first-order chi connectivity index (χ1) is 25.2. The molecule has 4 unspecified atom stereocenters. The van der Waals surface area contributed by atoms with E-state index in [2.05, 4.69) is 26.3 Å². The number of nitrogens with one attached hydrogen (secondary N) is 4. The number of carbonyl (C=O) groups is 4. The second-order valence-electron chi connectivity index (χ2n) is 13.2. The number of nitrogens with two attached hydrogens (primary N) is 2. The van der Waals surface area contributed by atoms with Gasteiger partial charge in [-0.05, 0) is 66.8 Å². The fourth-order valence-corrected chi connectivity index (χ4v) is 6.47. The maximum Gasteiger partial charge on any atom is 0.246 e. The Hall–Kier alpha value is -5.91. The van der Waals surface area contributed by atoms with Crippen molar-refractivity contribution in [1.82, 2.24) is 16.0 Å². The van der Waals surface area contributed by atoms with Crippen LogP contribution in [0.5, 0.6) is 5.75 Å². The van der Waals surface area contributed by atoms with Gasteiger partial charge in [0.15, 0.2) is 5.96 Å². The van der Waals surface area contributed by atoms with E-state index in [-0.39, 0.29) is 42.9 Å². The summed E-state index contributed by atoms with van der Waals surface area (Å²) in [5.74, 6) is -2.19. The molecule has 0 saturated carbocycles. The van der Waals surface area contributed by atoms with Crippen molar-refractivity contribution >= 4 is 46.0 Å². The second-order valence-corrected chi connectivity index (χ2v) is 13.2. The van der Waals surface area contributed by atoms with Gasteiger partial charge in [0, 0.05) is 30.0 Å². The molecule has 4 atom stereocenters. The molecule has 12 heteroatoms. The molecule has 4 aromatic rings. The van der Waals surface area contributed by atoms with Crippen molar-refractivity contribution in [3.05, 3.63) is 108 Å². The number of hydrogen-bond acceptors (Lipinski definition) is 6. The van der Waals surface area contributed by atoms with E-state index in [1.165, 1.54) is 0 Å². The van der Waals surface area contributed by atoms with Crippen LogP contribution in [0.1, 0.15) is 49.7 Å². The lowest BCUT2D eigenvalue weighted by molar-refractivity contribution is -0.134. The number of fused-ring (bicyclic) bond motifs is 1. The summed E-state index contributed by atoms with van der Waals surface area (Å²) in [6.45, 7) is 0.232. The quantitative estimate of drug-likeness (QED) is 0.0741. The minimum atomic E-state index is -1.04. The lowest BCUT2D eigenvalue weighted by atomic mass is 9.91. The number of nitrogens with zero attached hydrogens (tertiary/aromatic N) is 1. The van der Waals surface area contributed by atoms with E-state index in [1.807, 2.05) is 72.8 Å². The summed E-state index contributed by atoms with van der Waals surface area (Å²) in [5, 5.41) is 23.4. The molecule has 272 valence electrons. The topological polar surface area (TPSA) is 201 Å². The molecule has 4 amide bonds. The summed E-state index contributed by atoms with van der Waals surface area (Å²) in [4.78, 5) is 59.9. The van der Waals surface area contributed by atoms with Gasteiger partial charge >= 0.3 is 0 Å². The number of aliphatic imine (C=N–C) groups is 1. The summed E-state index contributed by atoms with van der Waals surface area (Å²) in [5.41, 5.74) is 13.3. The molecule has 5 rings (SSSR count). The normalized spacial score (nSPS) is 20.1. The van der Waals surface area contributed by atoms with Gasteiger partial charge in [-0.25, -0.2) is 0 Å². The van der Waals surface area contributed by atoms with Crippen molar-refractivity contribution in [3.8, 4) is 5.75 Å². The Morgan fingerprint density at radius 3 is 2.15 bits per heavy atom. The zero-order valence-electron chi connectivity index (χ0n) is 29.1. The number of phenolic OH excluding ortho intramolecular Hbond substituents is 1. The van der Waals surface area contributed by atoms with Crippen molar-refractivity contribution in [2.24, 2.45) is 22.4 Å². The van der Waals surface area contributed by atoms with E-state index in [0.29, 0.717) is 44.2 Å². The first-order valence-electron chi connectivity index (χ1n) is 17.7. The van der Waals surface area contributed by atoms with E-state index >= 15 is 0 Å². The number of rotatable bonds is 10. The molecule has 12 nitrogen and oxygen atoms in total. The van der Waals surface area contributed by atoms with Gasteiger partial charge in [0.2, 0.25) is 23.6 Å². The van der Waals surface area contributed by atoms with Crippen molar-refractivity contribution in [2.75, 3.05) is 11.9 Å². The number of phenols is 1. The van der Waals surface area contributed by atoms with Crippen LogP contribution in [-0.2, 0) is 32.0 Å². The number of anilines is 1. The molecule has 1 heterocycles. The monoisotopic (exact) mass is 705 g/mol. The van der Waals surface area contributed by atoms with Gasteiger partial charge in [-0.2, -0.15) is 0 Å². The molecule has 0 aliphatic carbocycles. The number of benzene rings is 4. The summed E-state index contributed by atoms with van der Waals surface area (Å²) < 4.78 is 0. The van der Waals surface area contributed by atoms with Crippen molar-refractivity contribution in [2.45, 2.75) is 69.5 Å². The standard InChI is InChI=1S/C40H47N7O5/c41-40(42)43-23-9-18-34-38(51)45-33(37(50)44-32-17-8-14-28-12-4-6-15-31(28)32)16-7-5-13-29(24-27-19-21-30(48)22-20-27)36(49)47-35(39(52)46-34)25-26-10-2-1-3-11-26/h1-4,6,8,10-12,14-15,17,19-22,29,33-35,48H,5,7,9,13,16,18,23-25H2,(H,44,50)(H,45,51)(H,46,52)(H,47,49)(H4,41,42,43). The maximum absolute atomic E-state index is 14.0. The predicted octanol–water partition coefficient (Wildman–Crippen LogP) is 3.67. The largest absolute Gasteiger partial charge is 0.508 e. The Labute approximate surface area is 303 Å². The molecule has 52 heavy (non-hydrogen) atoms. The van der Waals surface area contributed by atoms with Crippen LogP contribution in [0.15, 0.2) is 102 Å². The first kappa shape index (κ1) is 37.3. The van der Waals surface area contributed by atoms with Gasteiger partial charge in [-0.1, -0.05) is 91.7 Å². The van der Waals surface area contributed by atoms with Crippen LogP contribution < -0.4 is 32.7 Å². The molecule has 9 N–H and O–H groups in total. The van der Waals surface area contributed by atoms with E-state index in [0.717, 1.165) is 21.9 Å². The minimum absolute atomic E-state index is 0.0860. The van der Waals surface area contributed by atoms with Crippen molar-refractivity contribution < 1.29 is 24.3 Å². The zero-order chi connectivity index (χ0) is 36.9. The summed E-state index contributed by atoms with van der Waals surface area (Å²) >= 11 is 0. The van der Waals surface area contributed by atoms with Gasteiger partial charge in [0.25, 0.3) is 0 Å². The van der Waals surface area contributed by atoms with E-state index < -0.39 is 35.9 Å². The first-order valence-corrected chi connectivity index (χ1v) is 17.7. The molecule has 4 aromatic carbocycles. The number of aromatic hydroxyl groups is 1. The highest BCUT2D eigenvalue weighted by molar-refractivity contribution is 6.05. The molecule has 1 aliphatic rings. The Kier molecular flexibility index (Phi) is 13.2. The van der Waals surface area contributed by atoms with Crippen LogP contribution in [0.2, 0.25) is 0 Å². The molecule has 0 radical (unpaired) electrons. The molecular weight excluding hydrogens is 658 g/mol. The average Bonchev–Trinajstić information content (AvgIpc) is 3.14. The molecule has 0 spiro atoms. The second kappa shape index (κ2) is 18.4. The van der Waals surface area contributed by atoms with Gasteiger partial charge < -0.3 is 37.8 Å². The van der Waals surface area contributed by atoms with Crippen LogP contribution in [0.4, 0.5) is 5.69 Å². The van der Waals surface area contributed by atoms with Crippen LogP contribution >= 0.6 is 0 Å². The number of carbonyl (C=O) groups excluding carboxylic acids is 4. The van der Waals surface area contributed by atoms with Gasteiger partial charge in [-0.15, -0.1) is 0 Å². The van der Waals surface area contributed by atoms with Crippen molar-refractivity contribution in [3.63, 3.8) is 0 Å². The van der Waals surface area contributed by atoms with E-state index in [9.17, 15) is 24.3 Å². The molecular formula is C40H47N7O5. The molecule has 1 aliphatic heterocycles. The Morgan fingerprint density at radius 2 is 1.38 bits per heavy atom. The SMILES string of the molecule is NC(N)=NCCCC1NC(=O)C(Cc2ccccc2)NC(=O)C(Cc2ccc(O)cc2)CCCCC(C(=O)Nc2cccc3ccccc23)NC1=O. The fourth-order valence-electron chi connectivity index (χ4n) is 6.47. The smallest absolute Gasteiger partial charge is 0.246 e. The molecule has 0 aromatic heterocycles. The maximum atomic E-state index is 14.0. The lowest BCUT2D eigenvalue weighted by Crippen LogP contribution is -2.57. The van der Waals surface area contributed by atoms with Gasteiger partial charge in [0.1, 0.15) is 23.9 Å². The molecule has 1 saturated heterocycles. The van der Waals surface area contributed by atoms with E-state index in [1.54, 1.807) is 24.3 Å². The molecule has 0 bridgehead atoms. The van der Waals surface area contributed by atoms with Crippen molar-refractivity contribution in [1.29, 1.82) is 0 Å². The van der Waals surface area contributed by atoms with Gasteiger partial charge in [-0.3, -0.25) is 24.2 Å². The highest BCUT2D eigenvalue weighted by atomic mass is 16.3. The van der Waals surface area contributed by atoms with Gasteiger partial charge in [0.05, 0.1) is 0 Å². The summed E-state index contributed by atoms with van der Waals surface area (Å²) in [6.07, 6.45) is 3.05. The lowest BCUT2D eigenvalue weighted by Gasteiger charge is -2.27. The van der Waals surface area contributed by atoms with Crippen LogP contribution in [-0.4, -0.2) is 59.4 Å². The van der Waals surface area contributed by atoms with Crippen LogP contribution in [0.25, 0.3) is 10.8 Å². The fraction of sp³-hybridized carbons (Fsp3) is 0.325. The Bertz CT molecular complexity index is 1860. The van der Waals surface area contributed by atoms with Crippen LogP contribution in [0, 0.1) is 5.92 Å². The highest BCUT2D eigenvalue weighted by Gasteiger charge is 2.32. The summed E-state index contributed by atoms with van der Waals surface area (Å²) in [7, 11) is 0. The molecule has 1 fully saturated rings. The summed E-state index contributed by atoms with van der Waals surface area (Å²) in [6, 6.07) is 26.4. The third kappa shape index (κ3) is 10.8. The minimum Gasteiger partial charge on any atom is -0.508 e. The van der Waals surface area contributed by atoms with E-state index in [4.69, 9.17) is 11.5 Å². The highest BCUT2D eigenvalue weighted by Crippen LogP contribution is 2.24. The third-order valence-electron chi connectivity index (χ3n) is 9.26. The Balaban J connectivity index is 1.44. The predicted molar refractivity (Wildman–Crippen MR) is 202 cm³/mol. The Morgan fingerprint density at radius 1 is 0.731 bits per heavy atom. The third-order valence-corrected chi connectivity index (χ3v) is 9.26. The number of hydrogen-bond donors (Lipinski definition) is 7.